The molecule has 6 nitrogen and oxygen atoms in total. The summed E-state index contributed by atoms with van der Waals surface area (Å²) in [5.74, 6) is -3.04. The van der Waals surface area contributed by atoms with Crippen LogP contribution in [0.2, 0.25) is 0 Å². The number of para-hydroxylation sites is 2. The largest absolute Gasteiger partial charge is 0.573 e. The van der Waals surface area contributed by atoms with E-state index in [0.29, 0.717) is 0 Å². The topological polar surface area (TPSA) is 83.6 Å². The van der Waals surface area contributed by atoms with E-state index >= 15 is 0 Å². The van der Waals surface area contributed by atoms with E-state index in [9.17, 15) is 36.6 Å². The fourth-order valence-electron chi connectivity index (χ4n) is 2.14. The summed E-state index contributed by atoms with van der Waals surface area (Å²) in [5, 5.41) is 19.6. The van der Waals surface area contributed by atoms with Gasteiger partial charge in [0.25, 0.3) is 0 Å². The number of phenolic OH excluding ortho intramolecular Hbond substituents is 2. The van der Waals surface area contributed by atoms with Crippen LogP contribution in [-0.2, 0) is 0 Å². The molecule has 30 heavy (non-hydrogen) atoms. The van der Waals surface area contributed by atoms with Gasteiger partial charge in [0.2, 0.25) is 0 Å². The molecule has 0 bridgehead atoms. The number of hydrogen-bond acceptors (Lipinski definition) is 6. The molecule has 2 aromatic carbocycles. The molecule has 0 heterocycles. The zero-order chi connectivity index (χ0) is 22.4. The van der Waals surface area contributed by atoms with E-state index < -0.39 is 35.7 Å². The van der Waals surface area contributed by atoms with Crippen molar-refractivity contribution in [2.45, 2.75) is 12.7 Å². The maximum atomic E-state index is 12.3. The molecule has 0 radical (unpaired) electrons. The van der Waals surface area contributed by atoms with Crippen LogP contribution in [-0.4, -0.2) is 48.5 Å². The monoisotopic (exact) mass is 436 g/mol. The molecule has 0 unspecified atom stereocenters. The molecule has 0 saturated carbocycles. The molecule has 2 rings (SSSR count). The second kappa shape index (κ2) is 9.37. The van der Waals surface area contributed by atoms with Crippen LogP contribution in [0.1, 0.15) is 11.1 Å². The third-order valence-electron chi connectivity index (χ3n) is 3.33. The van der Waals surface area contributed by atoms with Crippen molar-refractivity contribution in [2.75, 3.05) is 13.1 Å². The maximum absolute atomic E-state index is 12.3. The molecule has 0 aromatic heterocycles. The van der Waals surface area contributed by atoms with Crippen molar-refractivity contribution in [3.63, 3.8) is 0 Å². The minimum Gasteiger partial charge on any atom is -0.504 e. The number of nitrogens with zero attached hydrogens (tertiary/aromatic N) is 2. The predicted octanol–water partition coefficient (Wildman–Crippen LogP) is 4.43. The molecule has 0 aliphatic rings. The molecule has 0 fully saturated rings. The molecule has 0 aliphatic heterocycles. The van der Waals surface area contributed by atoms with E-state index in [0.717, 1.165) is 24.6 Å². The Balaban J connectivity index is 1.96. The van der Waals surface area contributed by atoms with E-state index in [-0.39, 0.29) is 24.2 Å². The normalized spacial score (nSPS) is 12.6. The first-order chi connectivity index (χ1) is 14.0. The third kappa shape index (κ3) is 7.18. The summed E-state index contributed by atoms with van der Waals surface area (Å²) in [5.41, 5.74) is -0.0363. The van der Waals surface area contributed by atoms with Crippen molar-refractivity contribution in [1.29, 1.82) is 0 Å². The van der Waals surface area contributed by atoms with E-state index in [1.54, 1.807) is 0 Å². The molecular formula is C18H14F6N2O4. The van der Waals surface area contributed by atoms with Gasteiger partial charge in [-0.05, 0) is 24.3 Å². The Kier molecular flexibility index (Phi) is 7.14. The van der Waals surface area contributed by atoms with Crippen molar-refractivity contribution >= 4 is 12.4 Å². The van der Waals surface area contributed by atoms with Crippen molar-refractivity contribution in [3.05, 3.63) is 47.5 Å². The number of alkyl halides is 6. The van der Waals surface area contributed by atoms with Gasteiger partial charge in [0.15, 0.2) is 23.0 Å². The number of phenols is 2. The minimum atomic E-state index is -4.96. The van der Waals surface area contributed by atoms with Gasteiger partial charge in [-0.3, -0.25) is 9.98 Å². The first kappa shape index (κ1) is 22.8. The summed E-state index contributed by atoms with van der Waals surface area (Å²) in [6, 6.07) is 6.98. The second-order valence-corrected chi connectivity index (χ2v) is 5.55. The number of rotatable bonds is 7. The fraction of sp³-hybridized carbons (Fsp3) is 0.222. The minimum absolute atomic E-state index is 0.0182. The SMILES string of the molecule is Oc1c(C=NCCN=Cc2cccc(OC(F)(F)F)c2O)cccc1OC(F)(F)F. The lowest BCUT2D eigenvalue weighted by Gasteiger charge is -2.11. The Morgan fingerprint density at radius 1 is 0.700 bits per heavy atom. The molecular weight excluding hydrogens is 422 g/mol. The predicted molar refractivity (Wildman–Crippen MR) is 94.5 cm³/mol. The summed E-state index contributed by atoms with van der Waals surface area (Å²) in [4.78, 5) is 7.78. The summed E-state index contributed by atoms with van der Waals surface area (Å²) < 4.78 is 80.9. The third-order valence-corrected chi connectivity index (χ3v) is 3.33. The lowest BCUT2D eigenvalue weighted by molar-refractivity contribution is -0.276. The fourth-order valence-corrected chi connectivity index (χ4v) is 2.14. The number of halogens is 6. The standard InChI is InChI=1S/C18H14F6N2O4/c19-17(20,21)29-13-5-1-3-11(15(13)27)9-25-7-8-26-10-12-4-2-6-14(16(12)28)30-18(22,23)24/h1-6,9-10,27-28H,7-8H2. The Labute approximate surface area is 165 Å². The molecule has 0 amide bonds. The zero-order valence-electron chi connectivity index (χ0n) is 14.9. The number of ether oxygens (including phenoxy) is 2. The van der Waals surface area contributed by atoms with Gasteiger partial charge in [-0.1, -0.05) is 12.1 Å². The van der Waals surface area contributed by atoms with Gasteiger partial charge in [0.1, 0.15) is 0 Å². The molecule has 2 N–H and O–H groups in total. The number of aromatic hydroxyl groups is 2. The van der Waals surface area contributed by atoms with Crippen LogP contribution in [0.5, 0.6) is 23.0 Å². The second-order valence-electron chi connectivity index (χ2n) is 5.55. The van der Waals surface area contributed by atoms with Crippen molar-refractivity contribution in [1.82, 2.24) is 0 Å². The smallest absolute Gasteiger partial charge is 0.504 e. The summed E-state index contributed by atoms with van der Waals surface area (Å²) in [6.45, 7) is 0.0829. The van der Waals surface area contributed by atoms with Crippen LogP contribution in [0.15, 0.2) is 46.4 Å². The number of hydrogen-bond donors (Lipinski definition) is 2. The molecule has 0 aliphatic carbocycles. The van der Waals surface area contributed by atoms with E-state index in [2.05, 4.69) is 19.5 Å². The average molecular weight is 436 g/mol. The van der Waals surface area contributed by atoms with E-state index in [1.807, 2.05) is 0 Å². The van der Waals surface area contributed by atoms with Crippen LogP contribution in [0.3, 0.4) is 0 Å². The van der Waals surface area contributed by atoms with Crippen LogP contribution >= 0.6 is 0 Å². The quantitative estimate of drug-likeness (QED) is 0.382. The van der Waals surface area contributed by atoms with Gasteiger partial charge >= 0.3 is 12.7 Å². The molecule has 0 spiro atoms. The highest BCUT2D eigenvalue weighted by Gasteiger charge is 2.33. The van der Waals surface area contributed by atoms with Gasteiger partial charge in [-0.25, -0.2) is 0 Å². The van der Waals surface area contributed by atoms with Crippen LogP contribution < -0.4 is 9.47 Å². The first-order valence-corrected chi connectivity index (χ1v) is 8.11. The first-order valence-electron chi connectivity index (χ1n) is 8.11. The lowest BCUT2D eigenvalue weighted by atomic mass is 10.2. The van der Waals surface area contributed by atoms with Gasteiger partial charge < -0.3 is 19.7 Å². The Hall–Kier alpha value is -3.44. The Morgan fingerprint density at radius 2 is 1.07 bits per heavy atom. The maximum Gasteiger partial charge on any atom is 0.573 e. The summed E-state index contributed by atoms with van der Waals surface area (Å²) in [7, 11) is 0. The lowest BCUT2D eigenvalue weighted by Crippen LogP contribution is -2.17. The van der Waals surface area contributed by atoms with E-state index in [4.69, 9.17) is 0 Å². The molecule has 0 saturated heterocycles. The zero-order valence-corrected chi connectivity index (χ0v) is 14.9. The Bertz CT molecular complexity index is 850. The number of aliphatic imine (C=N–C) groups is 2. The number of benzene rings is 2. The van der Waals surface area contributed by atoms with Crippen LogP contribution in [0.4, 0.5) is 26.3 Å². The molecule has 12 heteroatoms. The molecule has 162 valence electrons. The van der Waals surface area contributed by atoms with Gasteiger partial charge in [-0.2, -0.15) is 0 Å². The average Bonchev–Trinajstić information content (AvgIpc) is 2.61. The van der Waals surface area contributed by atoms with Crippen molar-refractivity contribution < 1.29 is 46.0 Å². The van der Waals surface area contributed by atoms with Gasteiger partial charge in [-0.15, -0.1) is 26.3 Å². The van der Waals surface area contributed by atoms with Gasteiger partial charge in [0.05, 0.1) is 13.1 Å². The highest BCUT2D eigenvalue weighted by molar-refractivity contribution is 5.85. The van der Waals surface area contributed by atoms with Crippen LogP contribution in [0, 0.1) is 0 Å². The van der Waals surface area contributed by atoms with Crippen molar-refractivity contribution in [3.8, 4) is 23.0 Å². The van der Waals surface area contributed by atoms with Crippen LogP contribution in [0.25, 0.3) is 0 Å². The molecule has 2 aromatic rings. The highest BCUT2D eigenvalue weighted by atomic mass is 19.4. The van der Waals surface area contributed by atoms with E-state index in [1.165, 1.54) is 24.3 Å². The highest BCUT2D eigenvalue weighted by Crippen LogP contribution is 2.34. The summed E-state index contributed by atoms with van der Waals surface area (Å²) >= 11 is 0. The Morgan fingerprint density at radius 3 is 1.40 bits per heavy atom. The summed E-state index contributed by atoms with van der Waals surface area (Å²) in [6.07, 6.45) is -7.70. The van der Waals surface area contributed by atoms with Gasteiger partial charge in [0, 0.05) is 23.6 Å². The molecule has 0 atom stereocenters. The van der Waals surface area contributed by atoms with Crippen molar-refractivity contribution in [2.24, 2.45) is 9.98 Å².